The largest absolute Gasteiger partial charge is 0.399 e. The quantitative estimate of drug-likeness (QED) is 0.676. The maximum Gasteiger partial charge on any atom is 0.215 e. The third-order valence-corrected chi connectivity index (χ3v) is 4.65. The van der Waals surface area contributed by atoms with Crippen LogP contribution in [0.5, 0.6) is 0 Å². The van der Waals surface area contributed by atoms with Crippen LogP contribution in [-0.2, 0) is 20.5 Å². The van der Waals surface area contributed by atoms with Gasteiger partial charge in [-0.3, -0.25) is 0 Å². The van der Waals surface area contributed by atoms with Crippen LogP contribution >= 0.6 is 0 Å². The predicted molar refractivity (Wildman–Crippen MR) is 76.5 cm³/mol. The molecule has 0 unspecified atom stereocenters. The zero-order chi connectivity index (χ0) is 14.6. The number of ether oxygens (including phenoxy) is 1. The average Bonchev–Trinajstić information content (AvgIpc) is 2.37. The topological polar surface area (TPSA) is 102 Å². The van der Waals surface area contributed by atoms with Gasteiger partial charge in [0.25, 0.3) is 0 Å². The second-order valence-electron chi connectivity index (χ2n) is 5.16. The van der Waals surface area contributed by atoms with E-state index in [1.54, 1.807) is 24.3 Å². The Morgan fingerprint density at radius 1 is 1.35 bits per heavy atom. The van der Waals surface area contributed by atoms with Crippen molar-refractivity contribution in [1.29, 1.82) is 0 Å². The highest BCUT2D eigenvalue weighted by atomic mass is 32.2. The molecule has 6 nitrogen and oxygen atoms in total. The van der Waals surface area contributed by atoms with Crippen molar-refractivity contribution < 1.29 is 18.3 Å². The minimum Gasteiger partial charge on any atom is -0.399 e. The Kier molecular flexibility index (Phi) is 4.64. The monoisotopic (exact) mass is 300 g/mol. The molecular weight excluding hydrogens is 280 g/mol. The number of anilines is 1. The Morgan fingerprint density at radius 2 is 2.05 bits per heavy atom. The van der Waals surface area contributed by atoms with Gasteiger partial charge in [0.2, 0.25) is 10.0 Å². The van der Waals surface area contributed by atoms with Gasteiger partial charge in [0.05, 0.1) is 11.4 Å². The van der Waals surface area contributed by atoms with E-state index in [1.165, 1.54) is 0 Å². The summed E-state index contributed by atoms with van der Waals surface area (Å²) >= 11 is 0. The average molecular weight is 300 g/mol. The second-order valence-corrected chi connectivity index (χ2v) is 6.97. The van der Waals surface area contributed by atoms with Gasteiger partial charge in [-0.2, -0.15) is 0 Å². The molecule has 1 heterocycles. The number of hydrogen-bond acceptors (Lipinski definition) is 5. The van der Waals surface area contributed by atoms with Crippen LogP contribution in [0, 0.1) is 0 Å². The predicted octanol–water partition coefficient (Wildman–Crippen LogP) is 0.230. The number of aliphatic hydroxyl groups is 1. The molecule has 20 heavy (non-hydrogen) atoms. The molecule has 7 heteroatoms. The van der Waals surface area contributed by atoms with E-state index in [-0.39, 0.29) is 12.3 Å². The number of nitrogens with two attached hydrogens (primary N) is 1. The van der Waals surface area contributed by atoms with Crippen molar-refractivity contribution in [2.75, 3.05) is 25.5 Å². The number of rotatable bonds is 5. The lowest BCUT2D eigenvalue weighted by Gasteiger charge is -2.31. The molecule has 1 aromatic carbocycles. The Labute approximate surface area is 119 Å². The van der Waals surface area contributed by atoms with Crippen LogP contribution in [0.25, 0.3) is 0 Å². The summed E-state index contributed by atoms with van der Waals surface area (Å²) in [7, 11) is -3.50. The van der Waals surface area contributed by atoms with Gasteiger partial charge < -0.3 is 15.6 Å². The number of nitrogens with one attached hydrogen (secondary N) is 1. The molecule has 1 saturated heterocycles. The fraction of sp³-hybridized carbons (Fsp3) is 0.538. The fourth-order valence-corrected chi connectivity index (χ4v) is 3.33. The molecule has 0 radical (unpaired) electrons. The lowest BCUT2D eigenvalue weighted by Crippen LogP contribution is -2.46. The zero-order valence-electron chi connectivity index (χ0n) is 11.2. The molecule has 0 amide bonds. The van der Waals surface area contributed by atoms with E-state index < -0.39 is 15.6 Å². The molecule has 0 bridgehead atoms. The van der Waals surface area contributed by atoms with Gasteiger partial charge in [-0.05, 0) is 17.7 Å². The Hall–Kier alpha value is -1.15. The Balaban J connectivity index is 1.94. The Morgan fingerprint density at radius 3 is 2.70 bits per heavy atom. The van der Waals surface area contributed by atoms with E-state index in [0.29, 0.717) is 37.3 Å². The van der Waals surface area contributed by atoms with Crippen molar-refractivity contribution in [3.05, 3.63) is 29.8 Å². The highest BCUT2D eigenvalue weighted by molar-refractivity contribution is 7.88. The van der Waals surface area contributed by atoms with Crippen molar-refractivity contribution in [3.63, 3.8) is 0 Å². The fourth-order valence-electron chi connectivity index (χ4n) is 2.13. The number of hydrogen-bond donors (Lipinski definition) is 3. The highest BCUT2D eigenvalue weighted by Crippen LogP contribution is 2.20. The van der Waals surface area contributed by atoms with E-state index in [0.717, 1.165) is 0 Å². The highest BCUT2D eigenvalue weighted by Gasteiger charge is 2.31. The Bertz CT molecular complexity index is 553. The standard InChI is InChI=1S/C13H20N2O4S/c14-12-3-1-2-11(8-12)9-20(17,18)15-10-13(16)4-6-19-7-5-13/h1-3,8,15-16H,4-7,9-10,14H2. The van der Waals surface area contributed by atoms with Gasteiger partial charge in [-0.25, -0.2) is 13.1 Å². The number of benzene rings is 1. The lowest BCUT2D eigenvalue weighted by atomic mass is 9.95. The van der Waals surface area contributed by atoms with Crippen LogP contribution < -0.4 is 10.5 Å². The van der Waals surface area contributed by atoms with E-state index >= 15 is 0 Å². The third-order valence-electron chi connectivity index (χ3n) is 3.35. The van der Waals surface area contributed by atoms with Gasteiger partial charge in [0.1, 0.15) is 0 Å². The van der Waals surface area contributed by atoms with Crippen molar-refractivity contribution in [2.24, 2.45) is 0 Å². The van der Waals surface area contributed by atoms with E-state index in [4.69, 9.17) is 10.5 Å². The number of nitrogen functional groups attached to an aromatic ring is 1. The van der Waals surface area contributed by atoms with Crippen molar-refractivity contribution in [1.82, 2.24) is 4.72 Å². The first-order valence-electron chi connectivity index (χ1n) is 6.50. The normalized spacial score (nSPS) is 18.9. The first-order chi connectivity index (χ1) is 9.39. The van der Waals surface area contributed by atoms with Crippen molar-refractivity contribution >= 4 is 15.7 Å². The molecule has 4 N–H and O–H groups in total. The molecule has 2 rings (SSSR count). The van der Waals surface area contributed by atoms with Crippen LogP contribution in [0.1, 0.15) is 18.4 Å². The smallest absolute Gasteiger partial charge is 0.215 e. The van der Waals surface area contributed by atoms with E-state index in [1.807, 2.05) is 0 Å². The van der Waals surface area contributed by atoms with Crippen LogP contribution in [0.2, 0.25) is 0 Å². The molecule has 0 spiro atoms. The zero-order valence-corrected chi connectivity index (χ0v) is 12.0. The summed E-state index contributed by atoms with van der Waals surface area (Å²) in [4.78, 5) is 0. The molecule has 1 aliphatic rings. The summed E-state index contributed by atoms with van der Waals surface area (Å²) in [6.07, 6.45) is 0.877. The summed E-state index contributed by atoms with van der Waals surface area (Å²) in [6.45, 7) is 0.919. The van der Waals surface area contributed by atoms with Gasteiger partial charge in [-0.15, -0.1) is 0 Å². The molecule has 0 saturated carbocycles. The second kappa shape index (κ2) is 6.09. The molecule has 1 aromatic rings. The molecule has 0 atom stereocenters. The van der Waals surface area contributed by atoms with E-state index in [9.17, 15) is 13.5 Å². The molecular formula is C13H20N2O4S. The van der Waals surface area contributed by atoms with Crippen LogP contribution in [0.4, 0.5) is 5.69 Å². The first-order valence-corrected chi connectivity index (χ1v) is 8.16. The third kappa shape index (κ3) is 4.45. The molecule has 1 fully saturated rings. The SMILES string of the molecule is Nc1cccc(CS(=O)(=O)NCC2(O)CCOCC2)c1. The first kappa shape index (κ1) is 15.2. The van der Waals surface area contributed by atoms with Crippen molar-refractivity contribution in [2.45, 2.75) is 24.2 Å². The lowest BCUT2D eigenvalue weighted by molar-refractivity contribution is -0.0588. The van der Waals surface area contributed by atoms with Gasteiger partial charge in [0, 0.05) is 38.3 Å². The summed E-state index contributed by atoms with van der Waals surface area (Å²) in [5.41, 5.74) is 5.76. The van der Waals surface area contributed by atoms with Gasteiger partial charge in [-0.1, -0.05) is 12.1 Å². The number of sulfonamides is 1. The molecule has 0 aliphatic carbocycles. The summed E-state index contributed by atoms with van der Waals surface area (Å²) < 4.78 is 31.6. The molecule has 112 valence electrons. The maximum absolute atomic E-state index is 12.0. The van der Waals surface area contributed by atoms with Crippen LogP contribution in [0.15, 0.2) is 24.3 Å². The summed E-state index contributed by atoms with van der Waals surface area (Å²) in [5, 5.41) is 10.2. The van der Waals surface area contributed by atoms with Crippen LogP contribution in [0.3, 0.4) is 0 Å². The molecule has 0 aromatic heterocycles. The summed E-state index contributed by atoms with van der Waals surface area (Å²) in [5.74, 6) is -0.148. The van der Waals surface area contributed by atoms with Gasteiger partial charge in [0.15, 0.2) is 0 Å². The minimum atomic E-state index is -3.50. The van der Waals surface area contributed by atoms with Crippen molar-refractivity contribution in [3.8, 4) is 0 Å². The van der Waals surface area contributed by atoms with E-state index in [2.05, 4.69) is 4.72 Å². The molecule has 1 aliphatic heterocycles. The van der Waals surface area contributed by atoms with Gasteiger partial charge >= 0.3 is 0 Å². The maximum atomic E-state index is 12.0. The summed E-state index contributed by atoms with van der Waals surface area (Å²) in [6, 6.07) is 6.75. The minimum absolute atomic E-state index is 0.0149. The van der Waals surface area contributed by atoms with Crippen LogP contribution in [-0.4, -0.2) is 38.9 Å².